The fourth-order valence-electron chi connectivity index (χ4n) is 4.43. The lowest BCUT2D eigenvalue weighted by molar-refractivity contribution is 0.0704. The Kier molecular flexibility index (Phi) is 6.21. The molecule has 6 heteroatoms. The number of nitrogens with zero attached hydrogens (tertiary/aromatic N) is 3. The van der Waals surface area contributed by atoms with Gasteiger partial charge in [0.05, 0.1) is 0 Å². The molecule has 1 aromatic heterocycles. The van der Waals surface area contributed by atoms with Gasteiger partial charge in [-0.1, -0.05) is 19.1 Å². The number of likely N-dealkylation sites (tertiary alicyclic amines) is 2. The molecule has 0 bridgehead atoms. The Morgan fingerprint density at radius 1 is 0.967 bits per heavy atom. The first-order chi connectivity index (χ1) is 14.6. The summed E-state index contributed by atoms with van der Waals surface area (Å²) in [7, 11) is 0. The highest BCUT2D eigenvalue weighted by Crippen LogP contribution is 2.30. The molecule has 0 atom stereocenters. The minimum atomic E-state index is -0.00894. The average Bonchev–Trinajstić information content (AvgIpc) is 3.20. The highest BCUT2D eigenvalue weighted by molar-refractivity contribution is 5.94. The zero-order chi connectivity index (χ0) is 21.1. The smallest absolute Gasteiger partial charge is 0.276 e. The van der Waals surface area contributed by atoms with Gasteiger partial charge in [0.2, 0.25) is 0 Å². The van der Waals surface area contributed by atoms with E-state index < -0.39 is 0 Å². The van der Waals surface area contributed by atoms with Crippen LogP contribution in [0.1, 0.15) is 83.0 Å². The van der Waals surface area contributed by atoms with E-state index in [0.717, 1.165) is 50.8 Å². The molecule has 0 aliphatic carbocycles. The second-order valence-corrected chi connectivity index (χ2v) is 8.43. The largest absolute Gasteiger partial charge is 0.445 e. The first-order valence-electron chi connectivity index (χ1n) is 11.2. The number of oxazole rings is 1. The van der Waals surface area contributed by atoms with Crippen LogP contribution in [0.2, 0.25) is 0 Å². The number of carbonyl (C=O) groups is 2. The molecule has 2 aliphatic rings. The van der Waals surface area contributed by atoms with E-state index in [4.69, 9.17) is 4.42 Å². The molecule has 160 valence electrons. The number of rotatable bonds is 4. The van der Waals surface area contributed by atoms with Crippen molar-refractivity contribution in [1.29, 1.82) is 0 Å². The number of aryl methyl sites for hydroxylation is 2. The third-order valence-electron chi connectivity index (χ3n) is 6.40. The molecule has 0 unspecified atom stereocenters. The zero-order valence-corrected chi connectivity index (χ0v) is 18.0. The second-order valence-electron chi connectivity index (χ2n) is 8.43. The molecule has 0 spiro atoms. The molecule has 4 rings (SSSR count). The van der Waals surface area contributed by atoms with Crippen molar-refractivity contribution in [3.8, 4) is 0 Å². The molecule has 1 aromatic carbocycles. The summed E-state index contributed by atoms with van der Waals surface area (Å²) in [6, 6.07) is 7.89. The Hall–Kier alpha value is -2.63. The van der Waals surface area contributed by atoms with Crippen LogP contribution in [0.15, 0.2) is 28.7 Å². The van der Waals surface area contributed by atoms with Gasteiger partial charge in [-0.2, -0.15) is 0 Å². The van der Waals surface area contributed by atoms with Crippen LogP contribution < -0.4 is 0 Å². The van der Waals surface area contributed by atoms with Gasteiger partial charge in [0.1, 0.15) is 5.76 Å². The van der Waals surface area contributed by atoms with Crippen molar-refractivity contribution >= 4 is 11.8 Å². The summed E-state index contributed by atoms with van der Waals surface area (Å²) in [5, 5.41) is 0. The van der Waals surface area contributed by atoms with E-state index in [0.29, 0.717) is 30.4 Å². The molecule has 2 aliphatic heterocycles. The van der Waals surface area contributed by atoms with E-state index in [1.54, 1.807) is 0 Å². The lowest BCUT2D eigenvalue weighted by Gasteiger charge is -2.30. The topological polar surface area (TPSA) is 66.7 Å². The maximum absolute atomic E-state index is 12.8. The Morgan fingerprint density at radius 2 is 1.60 bits per heavy atom. The number of hydrogen-bond donors (Lipinski definition) is 0. The van der Waals surface area contributed by atoms with E-state index in [9.17, 15) is 9.59 Å². The summed E-state index contributed by atoms with van der Waals surface area (Å²) >= 11 is 0. The molecular weight excluding hydrogens is 378 g/mol. The van der Waals surface area contributed by atoms with Crippen molar-refractivity contribution in [2.24, 2.45) is 0 Å². The van der Waals surface area contributed by atoms with Crippen molar-refractivity contribution in [3.05, 3.63) is 52.7 Å². The number of benzene rings is 1. The summed E-state index contributed by atoms with van der Waals surface area (Å²) in [6.07, 6.45) is 5.88. The van der Waals surface area contributed by atoms with Gasteiger partial charge in [0.25, 0.3) is 11.8 Å². The summed E-state index contributed by atoms with van der Waals surface area (Å²) in [4.78, 5) is 34.0. The van der Waals surface area contributed by atoms with Gasteiger partial charge < -0.3 is 14.2 Å². The predicted octanol–water partition coefficient (Wildman–Crippen LogP) is 4.19. The number of hydrogen-bond acceptors (Lipinski definition) is 4. The molecule has 3 heterocycles. The van der Waals surface area contributed by atoms with Gasteiger partial charge in [-0.25, -0.2) is 4.98 Å². The van der Waals surface area contributed by atoms with Crippen molar-refractivity contribution in [2.75, 3.05) is 26.2 Å². The molecular formula is C24H31N3O3. The first kappa shape index (κ1) is 20.6. The maximum Gasteiger partial charge on any atom is 0.276 e. The summed E-state index contributed by atoms with van der Waals surface area (Å²) in [6.45, 7) is 6.90. The summed E-state index contributed by atoms with van der Waals surface area (Å²) in [5.74, 6) is 1.48. The predicted molar refractivity (Wildman–Crippen MR) is 115 cm³/mol. The van der Waals surface area contributed by atoms with Crippen LogP contribution in [0.5, 0.6) is 0 Å². The van der Waals surface area contributed by atoms with E-state index in [2.05, 4.69) is 11.9 Å². The zero-order valence-electron chi connectivity index (χ0n) is 18.0. The van der Waals surface area contributed by atoms with Crippen molar-refractivity contribution < 1.29 is 14.0 Å². The maximum atomic E-state index is 12.8. The van der Waals surface area contributed by atoms with E-state index in [1.807, 2.05) is 41.0 Å². The van der Waals surface area contributed by atoms with Crippen molar-refractivity contribution in [1.82, 2.24) is 14.8 Å². The number of amides is 2. The van der Waals surface area contributed by atoms with Crippen LogP contribution in [0.4, 0.5) is 0 Å². The SMILES string of the molecule is CCc1ccc(C(=O)N2CCC(c3nc(C(=O)N4CCCCC4)c(C)o3)CC2)cc1. The molecule has 2 fully saturated rings. The lowest BCUT2D eigenvalue weighted by Crippen LogP contribution is -2.38. The molecule has 0 saturated carbocycles. The normalized spacial score (nSPS) is 17.9. The Bertz CT molecular complexity index is 889. The van der Waals surface area contributed by atoms with Crippen LogP contribution in [0.3, 0.4) is 0 Å². The third-order valence-corrected chi connectivity index (χ3v) is 6.40. The Labute approximate surface area is 178 Å². The van der Waals surface area contributed by atoms with Crippen LogP contribution in [0.25, 0.3) is 0 Å². The van der Waals surface area contributed by atoms with Crippen LogP contribution in [-0.4, -0.2) is 52.8 Å². The number of piperidine rings is 2. The van der Waals surface area contributed by atoms with Crippen molar-refractivity contribution in [2.45, 2.75) is 58.3 Å². The minimum Gasteiger partial charge on any atom is -0.445 e. The molecule has 30 heavy (non-hydrogen) atoms. The highest BCUT2D eigenvalue weighted by Gasteiger charge is 2.30. The number of carbonyl (C=O) groups excluding carboxylic acids is 2. The molecule has 2 amide bonds. The molecule has 0 radical (unpaired) electrons. The Balaban J connectivity index is 1.38. The second kappa shape index (κ2) is 9.02. The van der Waals surface area contributed by atoms with Gasteiger partial charge in [-0.15, -0.1) is 0 Å². The van der Waals surface area contributed by atoms with E-state index in [-0.39, 0.29) is 17.7 Å². The molecule has 2 saturated heterocycles. The van der Waals surface area contributed by atoms with Gasteiger partial charge in [-0.3, -0.25) is 9.59 Å². The minimum absolute atomic E-state index is 0.00894. The fraction of sp³-hybridized carbons (Fsp3) is 0.542. The first-order valence-corrected chi connectivity index (χ1v) is 11.2. The third kappa shape index (κ3) is 4.27. The highest BCUT2D eigenvalue weighted by atomic mass is 16.4. The van der Waals surface area contributed by atoms with Crippen LogP contribution in [-0.2, 0) is 6.42 Å². The van der Waals surface area contributed by atoms with Gasteiger partial charge in [0, 0.05) is 37.7 Å². The van der Waals surface area contributed by atoms with Crippen molar-refractivity contribution in [3.63, 3.8) is 0 Å². The van der Waals surface area contributed by atoms with E-state index in [1.165, 1.54) is 12.0 Å². The average molecular weight is 410 g/mol. The van der Waals surface area contributed by atoms with Gasteiger partial charge >= 0.3 is 0 Å². The van der Waals surface area contributed by atoms with Gasteiger partial charge in [0.15, 0.2) is 11.6 Å². The fourth-order valence-corrected chi connectivity index (χ4v) is 4.43. The monoisotopic (exact) mass is 409 g/mol. The van der Waals surface area contributed by atoms with E-state index >= 15 is 0 Å². The molecule has 6 nitrogen and oxygen atoms in total. The van der Waals surface area contributed by atoms with Crippen LogP contribution >= 0.6 is 0 Å². The quantitative estimate of drug-likeness (QED) is 0.759. The summed E-state index contributed by atoms with van der Waals surface area (Å²) < 4.78 is 5.91. The summed E-state index contributed by atoms with van der Waals surface area (Å²) in [5.41, 5.74) is 2.44. The molecule has 0 N–H and O–H groups in total. The molecule has 2 aromatic rings. The van der Waals surface area contributed by atoms with Crippen LogP contribution in [0, 0.1) is 6.92 Å². The number of aromatic nitrogens is 1. The Morgan fingerprint density at radius 3 is 2.23 bits per heavy atom. The standard InChI is InChI=1S/C24H31N3O3/c1-3-18-7-9-20(10-8-18)23(28)27-15-11-19(12-16-27)22-25-21(17(2)30-22)24(29)26-13-5-4-6-14-26/h7-10,19H,3-6,11-16H2,1-2H3. The van der Waals surface area contributed by atoms with Gasteiger partial charge in [-0.05, 0) is 63.1 Å². The lowest BCUT2D eigenvalue weighted by atomic mass is 9.96.